The van der Waals surface area contributed by atoms with Gasteiger partial charge >= 0.3 is 5.97 Å². The van der Waals surface area contributed by atoms with Crippen LogP contribution >= 0.6 is 0 Å². The minimum Gasteiger partial charge on any atom is -0.426 e. The Morgan fingerprint density at radius 1 is 1.17 bits per heavy atom. The van der Waals surface area contributed by atoms with Crippen molar-refractivity contribution in [2.24, 2.45) is 5.92 Å². The van der Waals surface area contributed by atoms with Crippen molar-refractivity contribution in [1.82, 2.24) is 0 Å². The molecule has 0 radical (unpaired) electrons. The first kappa shape index (κ1) is 11.0. The maximum absolute atomic E-state index is 11.6. The van der Waals surface area contributed by atoms with Gasteiger partial charge in [0, 0.05) is 0 Å². The molecule has 90 valence electrons. The molecule has 1 aliphatic carbocycles. The molecule has 2 aromatic rings. The van der Waals surface area contributed by atoms with E-state index >= 15 is 0 Å². The van der Waals surface area contributed by atoms with Crippen LogP contribution in [0.2, 0.25) is 0 Å². The standard InChI is InChI=1S/C15H12O3/c16-9-13-12-4-2-1-3-10(12)7-8-14(13)18-15(17)11-5-6-11/h1-4,7-9,11H,5-6H2. The van der Waals surface area contributed by atoms with Crippen LogP contribution < -0.4 is 4.74 Å². The molecule has 0 aliphatic heterocycles. The van der Waals surface area contributed by atoms with Crippen LogP contribution in [-0.2, 0) is 4.79 Å². The van der Waals surface area contributed by atoms with Gasteiger partial charge in [0.25, 0.3) is 0 Å². The number of hydrogen-bond acceptors (Lipinski definition) is 3. The first-order valence-electron chi connectivity index (χ1n) is 5.98. The summed E-state index contributed by atoms with van der Waals surface area (Å²) in [7, 11) is 0. The fraction of sp³-hybridized carbons (Fsp3) is 0.200. The molecule has 0 spiro atoms. The Hall–Kier alpha value is -2.16. The van der Waals surface area contributed by atoms with E-state index in [-0.39, 0.29) is 11.9 Å². The highest BCUT2D eigenvalue weighted by molar-refractivity contribution is 6.01. The summed E-state index contributed by atoms with van der Waals surface area (Å²) >= 11 is 0. The van der Waals surface area contributed by atoms with E-state index in [0.29, 0.717) is 11.3 Å². The third-order valence-electron chi connectivity index (χ3n) is 3.17. The zero-order chi connectivity index (χ0) is 12.5. The summed E-state index contributed by atoms with van der Waals surface area (Å²) in [5, 5.41) is 1.78. The van der Waals surface area contributed by atoms with Crippen LogP contribution in [0.4, 0.5) is 0 Å². The monoisotopic (exact) mass is 240 g/mol. The molecule has 0 saturated heterocycles. The Balaban J connectivity index is 2.05. The molecule has 18 heavy (non-hydrogen) atoms. The van der Waals surface area contributed by atoms with Crippen LogP contribution in [0.3, 0.4) is 0 Å². The van der Waals surface area contributed by atoms with Gasteiger partial charge in [0.05, 0.1) is 11.5 Å². The number of esters is 1. The summed E-state index contributed by atoms with van der Waals surface area (Å²) < 4.78 is 5.30. The molecular formula is C15H12O3. The van der Waals surface area contributed by atoms with E-state index < -0.39 is 0 Å². The lowest BCUT2D eigenvalue weighted by atomic mass is 10.0. The van der Waals surface area contributed by atoms with Crippen molar-refractivity contribution < 1.29 is 14.3 Å². The third kappa shape index (κ3) is 1.88. The second-order valence-electron chi connectivity index (χ2n) is 4.51. The summed E-state index contributed by atoms with van der Waals surface area (Å²) in [6.45, 7) is 0. The largest absolute Gasteiger partial charge is 0.426 e. The third-order valence-corrected chi connectivity index (χ3v) is 3.17. The second-order valence-corrected chi connectivity index (χ2v) is 4.51. The number of benzene rings is 2. The zero-order valence-corrected chi connectivity index (χ0v) is 9.76. The molecule has 1 saturated carbocycles. The van der Waals surface area contributed by atoms with Crippen LogP contribution in [0.25, 0.3) is 10.8 Å². The molecule has 0 amide bonds. The Morgan fingerprint density at radius 2 is 1.94 bits per heavy atom. The Labute approximate surface area is 104 Å². The van der Waals surface area contributed by atoms with Crippen LogP contribution in [-0.4, -0.2) is 12.3 Å². The van der Waals surface area contributed by atoms with Crippen molar-refractivity contribution >= 4 is 23.0 Å². The van der Waals surface area contributed by atoms with E-state index in [9.17, 15) is 9.59 Å². The number of carbonyl (C=O) groups excluding carboxylic acids is 2. The van der Waals surface area contributed by atoms with Gasteiger partial charge in [-0.3, -0.25) is 9.59 Å². The smallest absolute Gasteiger partial charge is 0.314 e. The van der Waals surface area contributed by atoms with E-state index in [1.165, 1.54) is 0 Å². The molecule has 0 unspecified atom stereocenters. The number of rotatable bonds is 3. The molecule has 0 N–H and O–H groups in total. The molecule has 3 nitrogen and oxygen atoms in total. The topological polar surface area (TPSA) is 43.4 Å². The number of aldehydes is 1. The Kier molecular flexibility index (Phi) is 2.59. The van der Waals surface area contributed by atoms with Crippen molar-refractivity contribution in [3.05, 3.63) is 42.0 Å². The average molecular weight is 240 g/mol. The zero-order valence-electron chi connectivity index (χ0n) is 9.76. The van der Waals surface area contributed by atoms with Crippen LogP contribution in [0.1, 0.15) is 23.2 Å². The van der Waals surface area contributed by atoms with E-state index in [4.69, 9.17) is 4.74 Å². The van der Waals surface area contributed by atoms with Crippen molar-refractivity contribution in [2.75, 3.05) is 0 Å². The molecule has 3 rings (SSSR count). The molecule has 2 aromatic carbocycles. The van der Waals surface area contributed by atoms with Gasteiger partial charge in [-0.1, -0.05) is 30.3 Å². The molecule has 0 bridgehead atoms. The fourth-order valence-corrected chi connectivity index (χ4v) is 2.00. The average Bonchev–Trinajstić information content (AvgIpc) is 3.22. The number of carbonyl (C=O) groups is 2. The maximum atomic E-state index is 11.6. The summed E-state index contributed by atoms with van der Waals surface area (Å²) in [5.41, 5.74) is 0.446. The second kappa shape index (κ2) is 4.26. The molecule has 1 aliphatic rings. The predicted molar refractivity (Wildman–Crippen MR) is 67.7 cm³/mol. The molecule has 3 heteroatoms. The highest BCUT2D eigenvalue weighted by Gasteiger charge is 2.32. The van der Waals surface area contributed by atoms with E-state index in [1.54, 1.807) is 6.07 Å². The van der Waals surface area contributed by atoms with Gasteiger partial charge in [0.2, 0.25) is 0 Å². The fourth-order valence-electron chi connectivity index (χ4n) is 2.00. The van der Waals surface area contributed by atoms with Gasteiger partial charge in [-0.05, 0) is 29.7 Å². The minimum absolute atomic E-state index is 0.0240. The molecule has 0 aromatic heterocycles. The molecule has 0 atom stereocenters. The quantitative estimate of drug-likeness (QED) is 0.470. The van der Waals surface area contributed by atoms with Crippen molar-refractivity contribution in [1.29, 1.82) is 0 Å². The number of ether oxygens (including phenoxy) is 1. The Bertz CT molecular complexity index is 627. The van der Waals surface area contributed by atoms with E-state index in [2.05, 4.69) is 0 Å². The summed E-state index contributed by atoms with van der Waals surface area (Å²) in [6.07, 6.45) is 2.53. The minimum atomic E-state index is -0.228. The highest BCUT2D eigenvalue weighted by Crippen LogP contribution is 2.33. The highest BCUT2D eigenvalue weighted by atomic mass is 16.5. The van der Waals surface area contributed by atoms with Crippen LogP contribution in [0.15, 0.2) is 36.4 Å². The molecule has 1 fully saturated rings. The lowest BCUT2D eigenvalue weighted by Gasteiger charge is -2.08. The van der Waals surface area contributed by atoms with E-state index in [0.717, 1.165) is 29.9 Å². The lowest BCUT2D eigenvalue weighted by Crippen LogP contribution is -2.11. The summed E-state index contributed by atoms with van der Waals surface area (Å²) in [4.78, 5) is 22.9. The molecule has 0 heterocycles. The molecular weight excluding hydrogens is 228 g/mol. The number of hydrogen-bond donors (Lipinski definition) is 0. The van der Waals surface area contributed by atoms with Gasteiger partial charge in [-0.2, -0.15) is 0 Å². The van der Waals surface area contributed by atoms with E-state index in [1.807, 2.05) is 30.3 Å². The van der Waals surface area contributed by atoms with Gasteiger partial charge in [-0.15, -0.1) is 0 Å². The first-order valence-corrected chi connectivity index (χ1v) is 5.98. The SMILES string of the molecule is O=Cc1c(OC(=O)C2CC2)ccc2ccccc12. The first-order chi connectivity index (χ1) is 8.79. The lowest BCUT2D eigenvalue weighted by molar-refractivity contribution is -0.135. The van der Waals surface area contributed by atoms with Crippen LogP contribution in [0.5, 0.6) is 5.75 Å². The maximum Gasteiger partial charge on any atom is 0.314 e. The van der Waals surface area contributed by atoms with Crippen molar-refractivity contribution in [2.45, 2.75) is 12.8 Å². The van der Waals surface area contributed by atoms with Gasteiger partial charge in [0.15, 0.2) is 6.29 Å². The van der Waals surface area contributed by atoms with Crippen molar-refractivity contribution in [3.63, 3.8) is 0 Å². The van der Waals surface area contributed by atoms with Gasteiger partial charge in [-0.25, -0.2) is 0 Å². The van der Waals surface area contributed by atoms with Crippen molar-refractivity contribution in [3.8, 4) is 5.75 Å². The number of fused-ring (bicyclic) bond motifs is 1. The normalized spacial score (nSPS) is 14.4. The van der Waals surface area contributed by atoms with Gasteiger partial charge < -0.3 is 4.74 Å². The van der Waals surface area contributed by atoms with Crippen LogP contribution in [0, 0.1) is 5.92 Å². The predicted octanol–water partition coefficient (Wildman–Crippen LogP) is 2.97. The van der Waals surface area contributed by atoms with Gasteiger partial charge in [0.1, 0.15) is 5.75 Å². The summed E-state index contributed by atoms with van der Waals surface area (Å²) in [6, 6.07) is 11.1. The summed E-state index contributed by atoms with van der Waals surface area (Å²) in [5.74, 6) is 0.157. The Morgan fingerprint density at radius 3 is 2.67 bits per heavy atom.